The van der Waals surface area contributed by atoms with E-state index in [-0.39, 0.29) is 76.1 Å². The number of likely N-dealkylation sites (tertiary alicyclic amines) is 1. The Morgan fingerprint density at radius 3 is 1.64 bits per heavy atom. The average Bonchev–Trinajstić information content (AvgIpc) is 1.67. The molecule has 0 radical (unpaired) electrons. The van der Waals surface area contributed by atoms with Gasteiger partial charge in [0.05, 0.1) is 24.9 Å². The molecule has 24 N–H and O–H groups in total. The molecule has 2 fully saturated rings. The predicted molar refractivity (Wildman–Crippen MR) is 434 cm³/mol. The number of aliphatic hydroxyl groups is 1. The summed E-state index contributed by atoms with van der Waals surface area (Å²) in [7, 11) is 0. The van der Waals surface area contributed by atoms with Crippen LogP contribution in [0.2, 0.25) is 0 Å². The maximum absolute atomic E-state index is 14.9. The smallest absolute Gasteiger partial charge is 0.326 e. The Morgan fingerprint density at radius 2 is 1.08 bits per heavy atom. The number of benzene rings is 1. The van der Waals surface area contributed by atoms with Crippen molar-refractivity contribution in [3.63, 3.8) is 0 Å². The largest absolute Gasteiger partial charge is 0.481 e. The molecule has 0 bridgehead atoms. The van der Waals surface area contributed by atoms with Gasteiger partial charge in [0.25, 0.3) is 0 Å². The van der Waals surface area contributed by atoms with E-state index in [1.807, 2.05) is 24.3 Å². The van der Waals surface area contributed by atoms with Gasteiger partial charge in [-0.1, -0.05) is 66.2 Å². The van der Waals surface area contributed by atoms with Gasteiger partial charge in [0.1, 0.15) is 84.6 Å². The molecule has 17 atom stereocenters. The lowest BCUT2D eigenvalue weighted by Crippen LogP contribution is -2.62. The summed E-state index contributed by atoms with van der Waals surface area (Å²) in [4.78, 5) is 256. The molecule has 2 aromatic heterocycles. The zero-order valence-electron chi connectivity index (χ0n) is 68.8. The van der Waals surface area contributed by atoms with E-state index in [0.717, 1.165) is 36.7 Å². The van der Waals surface area contributed by atoms with Crippen LogP contribution in [0.1, 0.15) is 163 Å². The van der Waals surface area contributed by atoms with Crippen molar-refractivity contribution in [2.24, 2.45) is 29.2 Å². The van der Waals surface area contributed by atoms with E-state index >= 15 is 0 Å². The fourth-order valence-corrected chi connectivity index (χ4v) is 13.7. The van der Waals surface area contributed by atoms with Gasteiger partial charge < -0.3 is 121 Å². The Bertz CT molecular complexity index is 4080. The molecule has 3 aromatic rings. The normalized spacial score (nSPS) is 17.6. The standard InChI is InChI=1S/C77H118N20O22S/c1-10-39(6)61(95-72(113)56-21-16-28-97(56)76(117)54(31-44-34-80-36-83-44)92-71(112)55(35-120)93-70(111)52(89-65(106)47-20-15-27-81-47)30-43-33-82-46-18-12-11-17-45(43)46)74(115)91-53(32-57(79)99)69(110)85-41(8)64(105)96-62(42(9)98)75(116)90-51(29-37(2)3)68(109)84-40(7)63(104)94-60(38(4)5)73(114)87-49(22-24-58(100)101)67(108)86-48(19-13-14-26-78)66(107)88-50(77(118)119)23-25-59(102)103/h11-12,17-18,33-34,36-42,47-56,60-62,81-82,98,120H,10,13-16,19-32,35,78H2,1-9H3,(H2,79,99)(H,80,83)(H,84,109)(H,85,110)(H,86,108)(H,87,114)(H,88,107)(H,89,106)(H,90,116)(H,91,115)(H,92,112)(H,93,111)(H,94,104)(H,95,113)(H,96,105)(H,100,101)(H,102,103)(H,118,119)/t39-,40-,41-,42+,47-,48-,49-,50-,51-,52-,53-,54-,55-,56-,60-,61-,62-/m0/s1. The lowest BCUT2D eigenvalue weighted by molar-refractivity contribution is -0.143. The second-order valence-corrected chi connectivity index (χ2v) is 31.3. The molecule has 43 heteroatoms. The third-order valence-electron chi connectivity index (χ3n) is 20.5. The number of imidazole rings is 1. The second kappa shape index (κ2) is 48.7. The molecular weight excluding hydrogens is 1590 g/mol. The summed E-state index contributed by atoms with van der Waals surface area (Å²) >= 11 is 4.40. The minimum atomic E-state index is -1.86. The van der Waals surface area contributed by atoms with Crippen LogP contribution in [-0.4, -0.2) is 269 Å². The number of rotatable bonds is 51. The molecule has 2 saturated heterocycles. The van der Waals surface area contributed by atoms with Crippen LogP contribution in [0.4, 0.5) is 0 Å². The van der Waals surface area contributed by atoms with Gasteiger partial charge in [0.2, 0.25) is 88.6 Å². The minimum absolute atomic E-state index is 0.0123. The van der Waals surface area contributed by atoms with Gasteiger partial charge in [0, 0.05) is 67.0 Å². The van der Waals surface area contributed by atoms with Crippen molar-refractivity contribution in [1.82, 2.24) is 94.3 Å². The number of nitrogens with zero attached hydrogens (tertiary/aromatic N) is 2. The maximum Gasteiger partial charge on any atom is 0.326 e. The van der Waals surface area contributed by atoms with Crippen molar-refractivity contribution >= 4 is 130 Å². The molecule has 0 spiro atoms. The first-order valence-corrected chi connectivity index (χ1v) is 40.8. The van der Waals surface area contributed by atoms with Crippen molar-refractivity contribution in [3.05, 3.63) is 54.2 Å². The topological polar surface area (TPSA) is 656 Å². The fraction of sp³-hybridized carbons (Fsp3) is 0.623. The molecule has 5 rings (SSSR count). The highest BCUT2D eigenvalue weighted by molar-refractivity contribution is 7.80. The summed E-state index contributed by atoms with van der Waals surface area (Å²) < 4.78 is 0. The third kappa shape index (κ3) is 31.1. The molecule has 2 aliphatic rings. The Labute approximate surface area is 698 Å². The number of thiol groups is 1. The summed E-state index contributed by atoms with van der Waals surface area (Å²) in [6, 6.07) is -14.4. The Morgan fingerprint density at radius 1 is 0.550 bits per heavy atom. The maximum atomic E-state index is 14.9. The van der Waals surface area contributed by atoms with Crippen molar-refractivity contribution in [2.75, 3.05) is 25.4 Å². The van der Waals surface area contributed by atoms with Crippen molar-refractivity contribution in [1.29, 1.82) is 0 Å². The fourth-order valence-electron chi connectivity index (χ4n) is 13.4. The highest BCUT2D eigenvalue weighted by atomic mass is 32.1. The van der Waals surface area contributed by atoms with Crippen LogP contribution in [0.15, 0.2) is 43.0 Å². The number of carboxylic acid groups (broad SMARTS) is 3. The highest BCUT2D eigenvalue weighted by Crippen LogP contribution is 2.24. The molecule has 664 valence electrons. The van der Waals surface area contributed by atoms with Gasteiger partial charge in [-0.3, -0.25) is 81.5 Å². The molecule has 15 amide bonds. The number of hydrogen-bond acceptors (Lipinski definition) is 23. The van der Waals surface area contributed by atoms with Crippen LogP contribution in [0, 0.1) is 17.8 Å². The molecule has 42 nitrogen and oxygen atoms in total. The van der Waals surface area contributed by atoms with E-state index < -0.39 is 247 Å². The van der Waals surface area contributed by atoms with Crippen LogP contribution in [0.25, 0.3) is 10.9 Å². The number of aromatic amines is 2. The molecule has 1 aromatic carbocycles. The summed E-state index contributed by atoms with van der Waals surface area (Å²) in [5, 5.41) is 75.7. The number of carbonyl (C=O) groups is 18. The predicted octanol–water partition coefficient (Wildman–Crippen LogP) is -4.36. The number of nitrogens with one attached hydrogen (secondary N) is 16. The second-order valence-electron chi connectivity index (χ2n) is 30.9. The Kier molecular flexibility index (Phi) is 40.2. The minimum Gasteiger partial charge on any atom is -0.481 e. The molecule has 4 heterocycles. The van der Waals surface area contributed by atoms with Gasteiger partial charge in [-0.25, -0.2) is 9.78 Å². The number of fused-ring (bicyclic) bond motifs is 1. The first-order chi connectivity index (χ1) is 56.7. The third-order valence-corrected chi connectivity index (χ3v) is 20.8. The number of aliphatic carboxylic acids is 3. The van der Waals surface area contributed by atoms with Crippen LogP contribution >= 0.6 is 12.6 Å². The van der Waals surface area contributed by atoms with Gasteiger partial charge in [0.15, 0.2) is 0 Å². The lowest BCUT2D eigenvalue weighted by Gasteiger charge is -2.32. The zero-order chi connectivity index (χ0) is 89.4. The molecular formula is C77H118N20O22S. The van der Waals surface area contributed by atoms with Crippen LogP contribution in [0.5, 0.6) is 0 Å². The van der Waals surface area contributed by atoms with Gasteiger partial charge >= 0.3 is 17.9 Å². The molecule has 0 saturated carbocycles. The van der Waals surface area contributed by atoms with Crippen LogP contribution in [-0.2, 0) is 99.1 Å². The number of aromatic nitrogens is 3. The molecule has 120 heavy (non-hydrogen) atoms. The monoisotopic (exact) mass is 1710 g/mol. The van der Waals surface area contributed by atoms with E-state index in [1.165, 1.54) is 38.2 Å². The summed E-state index contributed by atoms with van der Waals surface area (Å²) in [6.07, 6.45) is 1.68. The van der Waals surface area contributed by atoms with E-state index in [0.29, 0.717) is 25.1 Å². The molecule has 0 aliphatic carbocycles. The molecule has 2 aliphatic heterocycles. The highest BCUT2D eigenvalue weighted by Gasteiger charge is 2.43. The quantitative estimate of drug-likeness (QED) is 0.0188. The number of nitrogens with two attached hydrogens (primary N) is 2. The number of H-pyrrole nitrogens is 2. The number of para-hydroxylation sites is 1. The number of primary amides is 1. The van der Waals surface area contributed by atoms with Crippen LogP contribution < -0.4 is 85.9 Å². The Balaban J connectivity index is 1.23. The van der Waals surface area contributed by atoms with Crippen molar-refractivity contribution < 1.29 is 107 Å². The summed E-state index contributed by atoms with van der Waals surface area (Å²) in [5.74, 6) is -20.4. The Hall–Kier alpha value is -11.3. The number of aliphatic hydroxyl groups excluding tert-OH is 1. The first-order valence-electron chi connectivity index (χ1n) is 40.1. The number of unbranched alkanes of at least 4 members (excludes halogenated alkanes) is 1. The number of carbonyl (C=O) groups excluding carboxylic acids is 15. The first kappa shape index (κ1) is 99.2. The SMILES string of the molecule is CC[C@H](C)[C@H](NC(=O)[C@@H]1CCCN1C(=O)[C@H](Cc1cnc[nH]1)NC(=O)[C@H](CS)NC(=O)[C@H](Cc1c[nH]c2ccccc12)NC(=O)[C@@H]1CCCN1)C(=O)N[C@@H](CC(N)=O)C(=O)N[C@@H](C)C(=O)N[C@H](C(=O)N[C@@H](CC(C)C)C(=O)N[C@@H](C)C(=O)N[C@H](C(=O)N[C@@H](CCC(=O)O)C(=O)N[C@@H](CCCCN)C(=O)N[C@@H](CCC(=O)O)C(=O)O)C(C)C)[C@@H](C)O. The number of carboxylic acids is 3. The van der Waals surface area contributed by atoms with Crippen molar-refractivity contribution in [3.8, 4) is 0 Å². The average molecular weight is 1710 g/mol. The van der Waals surface area contributed by atoms with E-state index in [2.05, 4.69) is 102 Å². The summed E-state index contributed by atoms with van der Waals surface area (Å²) in [6.45, 7) is 14.0. The van der Waals surface area contributed by atoms with Gasteiger partial charge in [-0.2, -0.15) is 12.6 Å². The van der Waals surface area contributed by atoms with E-state index in [9.17, 15) is 102 Å². The van der Waals surface area contributed by atoms with Crippen LogP contribution in [0.3, 0.4) is 0 Å². The van der Waals surface area contributed by atoms with Gasteiger partial charge in [-0.05, 0) is 127 Å². The lowest BCUT2D eigenvalue weighted by atomic mass is 9.97. The zero-order valence-corrected chi connectivity index (χ0v) is 69.7. The number of hydrogen-bond donors (Lipinski definition) is 23. The van der Waals surface area contributed by atoms with Gasteiger partial charge in [-0.15, -0.1) is 0 Å². The molecule has 0 unspecified atom stereocenters. The summed E-state index contributed by atoms with van der Waals surface area (Å²) in [5.41, 5.74) is 13.1. The van der Waals surface area contributed by atoms with E-state index in [1.54, 1.807) is 33.9 Å². The van der Waals surface area contributed by atoms with Crippen molar-refractivity contribution in [2.45, 2.75) is 262 Å². The number of amides is 15. The van der Waals surface area contributed by atoms with E-state index in [4.69, 9.17) is 16.6 Å².